The monoisotopic (exact) mass is 384 g/mol. The number of carbonyl (C=O) groups excluding carboxylic acids is 3. The van der Waals surface area contributed by atoms with E-state index < -0.39 is 5.97 Å². The van der Waals surface area contributed by atoms with Gasteiger partial charge in [-0.3, -0.25) is 14.4 Å². The van der Waals surface area contributed by atoms with E-state index in [4.69, 9.17) is 4.74 Å². The fourth-order valence-electron chi connectivity index (χ4n) is 2.88. The summed E-state index contributed by atoms with van der Waals surface area (Å²) in [7, 11) is 0. The van der Waals surface area contributed by atoms with Crippen molar-refractivity contribution in [3.8, 4) is 0 Å². The Kier molecular flexibility index (Phi) is 6.13. The molecule has 2 aromatic rings. The molecule has 6 nitrogen and oxygen atoms in total. The fourth-order valence-corrected chi connectivity index (χ4v) is 3.60. The van der Waals surface area contributed by atoms with Gasteiger partial charge in [-0.1, -0.05) is 30.3 Å². The van der Waals surface area contributed by atoms with Crippen LogP contribution in [0.4, 0.5) is 11.4 Å². The molecule has 2 amide bonds. The maximum absolute atomic E-state index is 12.7. The number of para-hydroxylation sites is 2. The van der Waals surface area contributed by atoms with Crippen LogP contribution in [0.15, 0.2) is 59.5 Å². The number of anilines is 2. The van der Waals surface area contributed by atoms with Crippen LogP contribution in [0.1, 0.15) is 13.3 Å². The molecule has 0 fully saturated rings. The molecule has 1 aliphatic rings. The number of hydrogen-bond donors (Lipinski definition) is 1. The third kappa shape index (κ3) is 4.89. The fraction of sp³-hybridized carbons (Fsp3) is 0.250. The number of thioether (sulfide) groups is 1. The standard InChI is InChI=1S/C20H20N2O4S/c1-14-11-18(23)21-16-9-5-6-10-17(16)22(14)19(24)12-26-20(25)13-27-15-7-3-2-4-8-15/h2-10,14H,11-13H2,1H3,(H,21,23). The van der Waals surface area contributed by atoms with Crippen molar-refractivity contribution in [2.45, 2.75) is 24.3 Å². The van der Waals surface area contributed by atoms with Crippen molar-refractivity contribution in [2.24, 2.45) is 0 Å². The Bertz CT molecular complexity index is 841. The van der Waals surface area contributed by atoms with Gasteiger partial charge >= 0.3 is 5.97 Å². The van der Waals surface area contributed by atoms with E-state index in [-0.39, 0.29) is 36.6 Å². The summed E-state index contributed by atoms with van der Waals surface area (Å²) in [4.78, 5) is 39.1. The topological polar surface area (TPSA) is 75.7 Å². The second-order valence-electron chi connectivity index (χ2n) is 6.14. The maximum Gasteiger partial charge on any atom is 0.316 e. The van der Waals surface area contributed by atoms with Gasteiger partial charge in [0.2, 0.25) is 5.91 Å². The molecular weight excluding hydrogens is 364 g/mol. The summed E-state index contributed by atoms with van der Waals surface area (Å²) in [5, 5.41) is 2.80. The van der Waals surface area contributed by atoms with E-state index in [9.17, 15) is 14.4 Å². The Morgan fingerprint density at radius 3 is 2.63 bits per heavy atom. The van der Waals surface area contributed by atoms with E-state index in [0.717, 1.165) is 4.90 Å². The van der Waals surface area contributed by atoms with Crippen LogP contribution in [0.2, 0.25) is 0 Å². The number of esters is 1. The molecule has 0 bridgehead atoms. The van der Waals surface area contributed by atoms with Crippen LogP contribution in [-0.2, 0) is 19.1 Å². The second-order valence-corrected chi connectivity index (χ2v) is 7.19. The predicted octanol–water partition coefficient (Wildman–Crippen LogP) is 3.09. The summed E-state index contributed by atoms with van der Waals surface area (Å²) in [6.07, 6.45) is 0.179. The number of carbonyl (C=O) groups is 3. The molecule has 7 heteroatoms. The van der Waals surface area contributed by atoms with Crippen LogP contribution < -0.4 is 10.2 Å². The molecule has 140 valence electrons. The van der Waals surface area contributed by atoms with Crippen molar-refractivity contribution in [2.75, 3.05) is 22.6 Å². The van der Waals surface area contributed by atoms with Crippen molar-refractivity contribution >= 4 is 40.9 Å². The Morgan fingerprint density at radius 1 is 1.15 bits per heavy atom. The first-order chi connectivity index (χ1) is 13.0. The first-order valence-corrected chi connectivity index (χ1v) is 9.57. The number of nitrogens with one attached hydrogen (secondary N) is 1. The largest absolute Gasteiger partial charge is 0.455 e. The average Bonchev–Trinajstić information content (AvgIpc) is 2.79. The molecular formula is C20H20N2O4S. The predicted molar refractivity (Wildman–Crippen MR) is 105 cm³/mol. The zero-order valence-corrected chi connectivity index (χ0v) is 15.7. The molecule has 1 heterocycles. The normalized spacial score (nSPS) is 16.1. The van der Waals surface area contributed by atoms with Crippen molar-refractivity contribution in [1.82, 2.24) is 0 Å². The maximum atomic E-state index is 12.7. The summed E-state index contributed by atoms with van der Waals surface area (Å²) < 4.78 is 5.15. The average molecular weight is 384 g/mol. The molecule has 0 spiro atoms. The molecule has 0 saturated carbocycles. The number of benzene rings is 2. The third-order valence-electron chi connectivity index (χ3n) is 4.08. The first-order valence-electron chi connectivity index (χ1n) is 8.59. The van der Waals surface area contributed by atoms with E-state index in [1.807, 2.05) is 30.3 Å². The highest BCUT2D eigenvalue weighted by atomic mass is 32.2. The highest BCUT2D eigenvalue weighted by molar-refractivity contribution is 8.00. The molecule has 0 saturated heterocycles. The molecule has 0 aromatic heterocycles. The lowest BCUT2D eigenvalue weighted by Gasteiger charge is -2.27. The summed E-state index contributed by atoms with van der Waals surface area (Å²) in [5.41, 5.74) is 1.18. The van der Waals surface area contributed by atoms with Crippen molar-refractivity contribution in [3.05, 3.63) is 54.6 Å². The lowest BCUT2D eigenvalue weighted by molar-refractivity contribution is -0.145. The zero-order valence-electron chi connectivity index (χ0n) is 14.9. The second kappa shape index (κ2) is 8.73. The number of fused-ring (bicyclic) bond motifs is 1. The van der Waals surface area contributed by atoms with Gasteiger partial charge in [0.1, 0.15) is 0 Å². The van der Waals surface area contributed by atoms with Crippen LogP contribution in [0.3, 0.4) is 0 Å². The molecule has 1 unspecified atom stereocenters. The summed E-state index contributed by atoms with van der Waals surface area (Å²) in [5.74, 6) is -0.836. The zero-order chi connectivity index (χ0) is 19.2. The van der Waals surface area contributed by atoms with Gasteiger partial charge in [0.15, 0.2) is 6.61 Å². The molecule has 1 N–H and O–H groups in total. The van der Waals surface area contributed by atoms with E-state index in [1.54, 1.807) is 31.2 Å². The first kappa shape index (κ1) is 19.0. The van der Waals surface area contributed by atoms with Crippen molar-refractivity contribution < 1.29 is 19.1 Å². The molecule has 0 aliphatic carbocycles. The van der Waals surface area contributed by atoms with Gasteiger partial charge < -0.3 is 15.0 Å². The smallest absolute Gasteiger partial charge is 0.316 e. The third-order valence-corrected chi connectivity index (χ3v) is 5.07. The molecule has 3 rings (SSSR count). The lowest BCUT2D eigenvalue weighted by Crippen LogP contribution is -2.41. The summed E-state index contributed by atoms with van der Waals surface area (Å²) in [6.45, 7) is 1.44. The summed E-state index contributed by atoms with van der Waals surface area (Å²) >= 11 is 1.35. The Labute approximate surface area is 161 Å². The lowest BCUT2D eigenvalue weighted by atomic mass is 10.1. The van der Waals surface area contributed by atoms with Crippen molar-refractivity contribution in [3.63, 3.8) is 0 Å². The van der Waals surface area contributed by atoms with E-state index in [2.05, 4.69) is 5.32 Å². The molecule has 1 aliphatic heterocycles. The van der Waals surface area contributed by atoms with Gasteiger partial charge in [0, 0.05) is 17.4 Å². The molecule has 27 heavy (non-hydrogen) atoms. The number of amides is 2. The van der Waals surface area contributed by atoms with Gasteiger partial charge in [-0.15, -0.1) is 11.8 Å². The van der Waals surface area contributed by atoms with Crippen LogP contribution in [0, 0.1) is 0 Å². The highest BCUT2D eigenvalue weighted by Crippen LogP contribution is 2.31. The number of ether oxygens (including phenoxy) is 1. The molecule has 0 radical (unpaired) electrons. The Morgan fingerprint density at radius 2 is 1.85 bits per heavy atom. The van der Waals surface area contributed by atoms with Gasteiger partial charge in [-0.25, -0.2) is 0 Å². The van der Waals surface area contributed by atoms with E-state index in [0.29, 0.717) is 11.4 Å². The minimum atomic E-state index is -0.456. The van der Waals surface area contributed by atoms with Crippen LogP contribution in [-0.4, -0.2) is 36.2 Å². The number of hydrogen-bond acceptors (Lipinski definition) is 5. The SMILES string of the molecule is CC1CC(=O)Nc2ccccc2N1C(=O)COC(=O)CSc1ccccc1. The highest BCUT2D eigenvalue weighted by Gasteiger charge is 2.30. The minimum absolute atomic E-state index is 0.128. The quantitative estimate of drug-likeness (QED) is 0.633. The van der Waals surface area contributed by atoms with Gasteiger partial charge in [0.05, 0.1) is 17.1 Å². The van der Waals surface area contributed by atoms with Crippen LogP contribution in [0.5, 0.6) is 0 Å². The van der Waals surface area contributed by atoms with Crippen LogP contribution in [0.25, 0.3) is 0 Å². The minimum Gasteiger partial charge on any atom is -0.455 e. The Balaban J connectivity index is 1.61. The van der Waals surface area contributed by atoms with Gasteiger partial charge in [-0.2, -0.15) is 0 Å². The van der Waals surface area contributed by atoms with E-state index in [1.165, 1.54) is 16.7 Å². The van der Waals surface area contributed by atoms with Crippen LogP contribution >= 0.6 is 11.8 Å². The van der Waals surface area contributed by atoms with E-state index >= 15 is 0 Å². The molecule has 2 aromatic carbocycles. The molecule has 1 atom stereocenters. The Hall–Kier alpha value is -2.80. The summed E-state index contributed by atoms with van der Waals surface area (Å²) in [6, 6.07) is 16.3. The van der Waals surface area contributed by atoms with Gasteiger partial charge in [0.25, 0.3) is 5.91 Å². The number of rotatable bonds is 5. The number of nitrogens with zero attached hydrogens (tertiary/aromatic N) is 1. The van der Waals surface area contributed by atoms with Gasteiger partial charge in [-0.05, 0) is 31.2 Å². The van der Waals surface area contributed by atoms with Crippen molar-refractivity contribution in [1.29, 1.82) is 0 Å².